The fraction of sp³-hybridized carbons (Fsp3) is 0.760. The summed E-state index contributed by atoms with van der Waals surface area (Å²) < 4.78 is 19.6. The molecule has 20 unspecified atom stereocenters. The first-order chi connectivity index (χ1) is 30.0. The van der Waals surface area contributed by atoms with E-state index in [0.29, 0.717) is 99.5 Å². The average Bonchev–Trinajstić information content (AvgIpc) is 4.09. The van der Waals surface area contributed by atoms with E-state index in [2.05, 4.69) is 48.6 Å². The van der Waals surface area contributed by atoms with Crippen LogP contribution in [0.2, 0.25) is 0 Å². The normalized spacial score (nSPS) is 42.3. The largest absolute Gasteiger partial charge is 0.465 e. The molecule has 8 bridgehead atoms. The molecule has 20 atom stereocenters. The van der Waals surface area contributed by atoms with E-state index >= 15 is 0 Å². The summed E-state index contributed by atoms with van der Waals surface area (Å²) in [5, 5.41) is 40.6. The fourth-order valence-corrected chi connectivity index (χ4v) is 13.7. The molecule has 4 saturated heterocycles. The van der Waals surface area contributed by atoms with Crippen molar-refractivity contribution in [3.05, 3.63) is 48.6 Å². The smallest absolute Gasteiger partial charge is 0.311 e. The number of carbonyl (C=O) groups is 4. The maximum absolute atomic E-state index is 11.4. The van der Waals surface area contributed by atoms with E-state index in [9.17, 15) is 39.6 Å². The Balaban J connectivity index is 0.000000126. The quantitative estimate of drug-likeness (QED) is 0.126. The van der Waals surface area contributed by atoms with Crippen LogP contribution in [0.3, 0.4) is 0 Å². The Morgan fingerprint density at radius 1 is 0.406 bits per heavy atom. The summed E-state index contributed by atoms with van der Waals surface area (Å²) in [4.78, 5) is 45.5. The van der Waals surface area contributed by atoms with Crippen LogP contribution in [0.1, 0.15) is 89.9 Å². The van der Waals surface area contributed by atoms with Gasteiger partial charge in [-0.1, -0.05) is 48.6 Å². The molecule has 0 amide bonds. The third-order valence-corrected chi connectivity index (χ3v) is 17.1. The standard InChI is InChI=1S/2C13H18O3.2C12H16O3.2Ac/c2*14-12(11-3-4-16-13(11)15)7-10-6-8-1-2-9(10)5-8;2*13-11(9-3-4-15-12(9)14)10-6-7-1-2-8(10)5-7;;/h2*1-2,8-12,14H,3-7H2;2*1-2,7-11,13H,3-6H2;;. The topological polar surface area (TPSA) is 186 Å². The van der Waals surface area contributed by atoms with Crippen LogP contribution in [0.4, 0.5) is 0 Å². The molecule has 14 heteroatoms. The van der Waals surface area contributed by atoms with Gasteiger partial charge in [0.25, 0.3) is 0 Å². The van der Waals surface area contributed by atoms with Crippen molar-refractivity contribution in [1.82, 2.24) is 0 Å². The van der Waals surface area contributed by atoms with Crippen molar-refractivity contribution in [2.24, 2.45) is 94.7 Å². The second kappa shape index (κ2) is 23.0. The molecule has 12 rings (SSSR count). The summed E-state index contributed by atoms with van der Waals surface area (Å²) >= 11 is 0. The number of hydrogen-bond donors (Lipinski definition) is 4. The van der Waals surface area contributed by atoms with E-state index < -0.39 is 24.4 Å². The van der Waals surface area contributed by atoms with Gasteiger partial charge in [0, 0.05) is 88.1 Å². The monoisotopic (exact) mass is 1310 g/mol. The van der Waals surface area contributed by atoms with E-state index in [-0.39, 0.29) is 148 Å². The Labute approximate surface area is 449 Å². The van der Waals surface area contributed by atoms with Crippen molar-refractivity contribution < 1.29 is 147 Å². The predicted octanol–water partition coefficient (Wildman–Crippen LogP) is 5.27. The summed E-state index contributed by atoms with van der Waals surface area (Å²) in [7, 11) is 0. The summed E-state index contributed by atoms with van der Waals surface area (Å²) in [5.41, 5.74) is 0. The van der Waals surface area contributed by atoms with Crippen LogP contribution in [0.25, 0.3) is 0 Å². The zero-order chi connectivity index (χ0) is 43.1. The summed E-state index contributed by atoms with van der Waals surface area (Å²) in [6.07, 6.45) is 29.8. The van der Waals surface area contributed by atoms with Crippen LogP contribution in [0.15, 0.2) is 48.6 Å². The van der Waals surface area contributed by atoms with Crippen LogP contribution in [-0.4, -0.2) is 95.1 Å². The molecule has 4 heterocycles. The van der Waals surface area contributed by atoms with Gasteiger partial charge in [-0.25, -0.2) is 0 Å². The molecule has 0 spiro atoms. The number of carbonyl (C=O) groups excluding carboxylic acids is 4. The van der Waals surface area contributed by atoms with E-state index in [4.69, 9.17) is 18.9 Å². The average molecular weight is 1320 g/mol. The minimum Gasteiger partial charge on any atom is -0.465 e. The number of allylic oxidation sites excluding steroid dienone is 8. The number of aliphatic hydroxyl groups is 4. The van der Waals surface area contributed by atoms with Gasteiger partial charge in [-0.3, -0.25) is 19.2 Å². The predicted molar refractivity (Wildman–Crippen MR) is 225 cm³/mol. The Bertz CT molecular complexity index is 1660. The molecule has 0 aromatic carbocycles. The molecule has 0 aromatic rings. The zero-order valence-corrected chi connectivity index (χ0v) is 46.6. The van der Waals surface area contributed by atoms with Crippen LogP contribution >= 0.6 is 0 Å². The maximum atomic E-state index is 11.4. The van der Waals surface area contributed by atoms with Crippen molar-refractivity contribution in [3.63, 3.8) is 0 Å². The van der Waals surface area contributed by atoms with Gasteiger partial charge in [0.15, 0.2) is 0 Å². The van der Waals surface area contributed by atoms with Crippen molar-refractivity contribution >= 4 is 23.9 Å². The first kappa shape index (κ1) is 51.4. The molecule has 12 aliphatic rings. The molecule has 346 valence electrons. The zero-order valence-electron chi connectivity index (χ0n) is 37.1. The summed E-state index contributed by atoms with van der Waals surface area (Å²) in [6, 6.07) is 0. The minimum absolute atomic E-state index is 0. The van der Waals surface area contributed by atoms with Crippen LogP contribution in [0, 0.1) is 183 Å². The molecule has 64 heavy (non-hydrogen) atoms. The van der Waals surface area contributed by atoms with Crippen molar-refractivity contribution in [2.75, 3.05) is 26.4 Å². The number of hydrogen-bond acceptors (Lipinski definition) is 12. The maximum Gasteiger partial charge on any atom is 0.311 e. The van der Waals surface area contributed by atoms with E-state index in [0.717, 1.165) is 37.5 Å². The number of rotatable bonds is 10. The van der Waals surface area contributed by atoms with E-state index in [1.807, 2.05) is 0 Å². The van der Waals surface area contributed by atoms with Crippen LogP contribution in [-0.2, 0) is 38.1 Å². The SMILES string of the molecule is O=C1OCCC1C(O)C1CC2C=CC1C2.O=C1OCCC1C(O)C1CC2C=CC1C2.O=C1OCCC1C(O)CC1CC2C=CC1C2.O=C1OCCC1C(O)CC1CC2C=CC1C2.[Ac].[Ac]. The first-order valence-corrected chi connectivity index (χ1v) is 24.1. The Kier molecular flexibility index (Phi) is 18.5. The van der Waals surface area contributed by atoms with Gasteiger partial charge in [-0.2, -0.15) is 0 Å². The molecule has 8 fully saturated rings. The molecule has 12 nitrogen and oxygen atoms in total. The van der Waals surface area contributed by atoms with Gasteiger partial charge in [0.05, 0.1) is 74.5 Å². The number of esters is 4. The number of cyclic esters (lactones) is 4. The molecular formula is C50H68Ac2O12. The van der Waals surface area contributed by atoms with Crippen LogP contribution < -0.4 is 0 Å². The fourth-order valence-electron chi connectivity index (χ4n) is 13.7. The molecule has 8 aliphatic carbocycles. The Morgan fingerprint density at radius 3 is 0.938 bits per heavy atom. The number of fused-ring (bicyclic) bond motifs is 8. The van der Waals surface area contributed by atoms with Gasteiger partial charge in [0.2, 0.25) is 0 Å². The van der Waals surface area contributed by atoms with E-state index in [1.54, 1.807) is 0 Å². The second-order valence-electron chi connectivity index (χ2n) is 20.8. The summed E-state index contributed by atoms with van der Waals surface area (Å²) in [5.74, 6) is 4.95. The van der Waals surface area contributed by atoms with Gasteiger partial charge >= 0.3 is 23.9 Å². The summed E-state index contributed by atoms with van der Waals surface area (Å²) in [6.45, 7) is 1.93. The van der Waals surface area contributed by atoms with Crippen molar-refractivity contribution in [2.45, 2.75) is 114 Å². The van der Waals surface area contributed by atoms with Crippen molar-refractivity contribution in [1.29, 1.82) is 0 Å². The molecule has 4 saturated carbocycles. The van der Waals surface area contributed by atoms with Crippen LogP contribution in [0.5, 0.6) is 0 Å². The molecule has 0 aromatic heterocycles. The third-order valence-electron chi connectivity index (χ3n) is 17.1. The second-order valence-corrected chi connectivity index (χ2v) is 20.8. The third kappa shape index (κ3) is 11.6. The van der Waals surface area contributed by atoms with Gasteiger partial charge in [-0.05, 0) is 161 Å². The molecule has 2 radical (unpaired) electrons. The Hall–Kier alpha value is -0.437. The van der Waals surface area contributed by atoms with Gasteiger partial charge in [-0.15, -0.1) is 0 Å². The molecule has 4 N–H and O–H groups in total. The minimum atomic E-state index is -0.493. The van der Waals surface area contributed by atoms with E-state index in [1.165, 1.54) is 38.5 Å². The molecule has 4 aliphatic heterocycles. The van der Waals surface area contributed by atoms with Gasteiger partial charge < -0.3 is 39.4 Å². The number of aliphatic hydroxyl groups excluding tert-OH is 4. The number of ether oxygens (including phenoxy) is 4. The van der Waals surface area contributed by atoms with Crippen molar-refractivity contribution in [3.8, 4) is 0 Å². The van der Waals surface area contributed by atoms with Gasteiger partial charge in [0.1, 0.15) is 0 Å². The Morgan fingerprint density at radius 2 is 0.703 bits per heavy atom. The molecular weight excluding hydrogens is 1250 g/mol. The first-order valence-electron chi connectivity index (χ1n) is 24.1.